The highest BCUT2D eigenvalue weighted by Crippen LogP contribution is 2.39. The predicted octanol–water partition coefficient (Wildman–Crippen LogP) is -0.0289. The zero-order chi connectivity index (χ0) is 12.3. The van der Waals surface area contributed by atoms with E-state index in [1.54, 1.807) is 7.11 Å². The zero-order valence-electron chi connectivity index (χ0n) is 10.5. The lowest BCUT2D eigenvalue weighted by atomic mass is 10.2. The van der Waals surface area contributed by atoms with Crippen molar-refractivity contribution >= 4 is 5.97 Å². The molecule has 0 aromatic heterocycles. The van der Waals surface area contributed by atoms with E-state index in [4.69, 9.17) is 9.84 Å². The molecule has 0 spiro atoms. The molecule has 1 heterocycles. The third kappa shape index (κ3) is 3.66. The van der Waals surface area contributed by atoms with Crippen molar-refractivity contribution in [1.82, 2.24) is 9.80 Å². The molecule has 0 radical (unpaired) electrons. The minimum atomic E-state index is -0.617. The average molecular weight is 242 g/mol. The Balaban J connectivity index is 1.61. The molecule has 5 heteroatoms. The fraction of sp³-hybridized carbons (Fsp3) is 0.917. The Labute approximate surface area is 102 Å². The van der Waals surface area contributed by atoms with Gasteiger partial charge in [0.25, 0.3) is 0 Å². The van der Waals surface area contributed by atoms with E-state index in [0.717, 1.165) is 52.3 Å². The Morgan fingerprint density at radius 2 is 1.94 bits per heavy atom. The molecule has 2 fully saturated rings. The van der Waals surface area contributed by atoms with E-state index in [2.05, 4.69) is 9.80 Å². The molecular weight excluding hydrogens is 220 g/mol. The summed E-state index contributed by atoms with van der Waals surface area (Å²) in [6, 6.07) is 0. The number of rotatable bonds is 6. The summed E-state index contributed by atoms with van der Waals surface area (Å²) in [5, 5.41) is 8.85. The molecule has 98 valence electrons. The van der Waals surface area contributed by atoms with Crippen LogP contribution in [0.25, 0.3) is 0 Å². The van der Waals surface area contributed by atoms with Crippen LogP contribution in [-0.2, 0) is 9.53 Å². The molecule has 5 nitrogen and oxygen atoms in total. The van der Waals surface area contributed by atoms with Crippen molar-refractivity contribution in [3.63, 3.8) is 0 Å². The number of hydrogen-bond donors (Lipinski definition) is 1. The highest BCUT2D eigenvalue weighted by atomic mass is 16.5. The number of carboxylic acid groups (broad SMARTS) is 1. The highest BCUT2D eigenvalue weighted by Gasteiger charge is 2.43. The van der Waals surface area contributed by atoms with E-state index in [1.165, 1.54) is 0 Å². The fourth-order valence-corrected chi connectivity index (χ4v) is 2.50. The van der Waals surface area contributed by atoms with Gasteiger partial charge < -0.3 is 14.7 Å². The van der Waals surface area contributed by atoms with Crippen LogP contribution >= 0.6 is 0 Å². The number of hydrogen-bond acceptors (Lipinski definition) is 4. The summed E-state index contributed by atoms with van der Waals surface area (Å²) in [6.07, 6.45) is 0.874. The van der Waals surface area contributed by atoms with Gasteiger partial charge in [0.1, 0.15) is 0 Å². The third-order valence-corrected chi connectivity index (χ3v) is 3.81. The molecule has 2 rings (SSSR count). The van der Waals surface area contributed by atoms with Gasteiger partial charge in [0, 0.05) is 46.4 Å². The van der Waals surface area contributed by atoms with E-state index in [-0.39, 0.29) is 5.92 Å². The minimum Gasteiger partial charge on any atom is -0.481 e. The van der Waals surface area contributed by atoms with Gasteiger partial charge in [-0.05, 0) is 12.3 Å². The molecule has 1 saturated carbocycles. The van der Waals surface area contributed by atoms with Gasteiger partial charge in [-0.25, -0.2) is 0 Å². The van der Waals surface area contributed by atoms with Crippen LogP contribution in [0.3, 0.4) is 0 Å². The molecule has 0 aromatic carbocycles. The Morgan fingerprint density at radius 1 is 1.29 bits per heavy atom. The maximum absolute atomic E-state index is 10.7. The van der Waals surface area contributed by atoms with Gasteiger partial charge in [0.2, 0.25) is 0 Å². The second kappa shape index (κ2) is 5.80. The first-order chi connectivity index (χ1) is 8.20. The molecule has 0 bridgehead atoms. The number of carboxylic acids is 1. The number of ether oxygens (including phenoxy) is 1. The van der Waals surface area contributed by atoms with Crippen LogP contribution in [0.1, 0.15) is 6.42 Å². The normalized spacial score (nSPS) is 30.4. The number of aliphatic carboxylic acids is 1. The number of carbonyl (C=O) groups is 1. The van der Waals surface area contributed by atoms with E-state index >= 15 is 0 Å². The summed E-state index contributed by atoms with van der Waals surface area (Å²) >= 11 is 0. The van der Waals surface area contributed by atoms with Crippen molar-refractivity contribution in [3.8, 4) is 0 Å². The molecule has 1 N–H and O–H groups in total. The topological polar surface area (TPSA) is 53.0 Å². The second-order valence-corrected chi connectivity index (χ2v) is 5.08. The summed E-state index contributed by atoms with van der Waals surface area (Å²) in [4.78, 5) is 15.5. The quantitative estimate of drug-likeness (QED) is 0.709. The molecule has 1 aliphatic carbocycles. The summed E-state index contributed by atoms with van der Waals surface area (Å²) < 4.78 is 5.07. The van der Waals surface area contributed by atoms with Crippen molar-refractivity contribution in [1.29, 1.82) is 0 Å². The van der Waals surface area contributed by atoms with Crippen LogP contribution < -0.4 is 0 Å². The fourth-order valence-electron chi connectivity index (χ4n) is 2.50. The van der Waals surface area contributed by atoms with Crippen LogP contribution in [-0.4, -0.2) is 73.9 Å². The van der Waals surface area contributed by atoms with Gasteiger partial charge in [-0.1, -0.05) is 0 Å². The number of nitrogens with zero attached hydrogens (tertiary/aromatic N) is 2. The van der Waals surface area contributed by atoms with E-state index in [9.17, 15) is 4.79 Å². The van der Waals surface area contributed by atoms with E-state index in [0.29, 0.717) is 5.92 Å². The van der Waals surface area contributed by atoms with Crippen LogP contribution in [0.5, 0.6) is 0 Å². The van der Waals surface area contributed by atoms with Gasteiger partial charge in [-0.3, -0.25) is 9.69 Å². The first-order valence-corrected chi connectivity index (χ1v) is 6.37. The third-order valence-electron chi connectivity index (χ3n) is 3.81. The zero-order valence-corrected chi connectivity index (χ0v) is 10.5. The van der Waals surface area contributed by atoms with Gasteiger partial charge >= 0.3 is 5.97 Å². The molecule has 2 aliphatic rings. The predicted molar refractivity (Wildman–Crippen MR) is 64.0 cm³/mol. The lowest BCUT2D eigenvalue weighted by Crippen LogP contribution is -2.47. The first-order valence-electron chi connectivity index (χ1n) is 6.37. The largest absolute Gasteiger partial charge is 0.481 e. The monoisotopic (exact) mass is 242 g/mol. The van der Waals surface area contributed by atoms with Crippen molar-refractivity contribution < 1.29 is 14.6 Å². The van der Waals surface area contributed by atoms with Crippen LogP contribution in [0.4, 0.5) is 0 Å². The van der Waals surface area contributed by atoms with Gasteiger partial charge in [-0.2, -0.15) is 0 Å². The van der Waals surface area contributed by atoms with Crippen LogP contribution in [0, 0.1) is 11.8 Å². The van der Waals surface area contributed by atoms with Crippen LogP contribution in [0.15, 0.2) is 0 Å². The van der Waals surface area contributed by atoms with Crippen molar-refractivity contribution in [2.24, 2.45) is 11.8 Å². The van der Waals surface area contributed by atoms with Gasteiger partial charge in [0.15, 0.2) is 0 Å². The van der Waals surface area contributed by atoms with Crippen molar-refractivity contribution in [3.05, 3.63) is 0 Å². The Hall–Kier alpha value is -0.650. The molecule has 0 amide bonds. The highest BCUT2D eigenvalue weighted by molar-refractivity contribution is 5.73. The second-order valence-electron chi connectivity index (χ2n) is 5.08. The average Bonchev–Trinajstić information content (AvgIpc) is 3.08. The molecule has 2 unspecified atom stereocenters. The Morgan fingerprint density at radius 3 is 2.47 bits per heavy atom. The Kier molecular flexibility index (Phi) is 4.36. The molecular formula is C12H22N2O3. The smallest absolute Gasteiger partial charge is 0.306 e. The van der Waals surface area contributed by atoms with Crippen molar-refractivity contribution in [2.75, 3.05) is 53.0 Å². The van der Waals surface area contributed by atoms with Crippen LogP contribution in [0.2, 0.25) is 0 Å². The molecule has 1 saturated heterocycles. The number of piperazine rings is 1. The number of methoxy groups -OCH3 is 1. The maximum Gasteiger partial charge on any atom is 0.306 e. The molecule has 0 aromatic rings. The maximum atomic E-state index is 10.7. The molecule has 2 atom stereocenters. The summed E-state index contributed by atoms with van der Waals surface area (Å²) in [6.45, 7) is 7.05. The molecule has 1 aliphatic heterocycles. The standard InChI is InChI=1S/C12H22N2O3/c1-17-7-6-13-2-4-14(5-3-13)9-10-8-11(10)12(15)16/h10-11H,2-9H2,1H3,(H,15,16). The van der Waals surface area contributed by atoms with Crippen molar-refractivity contribution in [2.45, 2.75) is 6.42 Å². The Bertz CT molecular complexity index is 264. The minimum absolute atomic E-state index is 0.0680. The summed E-state index contributed by atoms with van der Waals surface area (Å²) in [5.74, 6) is -0.284. The lowest BCUT2D eigenvalue weighted by molar-refractivity contribution is -0.138. The van der Waals surface area contributed by atoms with Gasteiger partial charge in [-0.15, -0.1) is 0 Å². The SMILES string of the molecule is COCCN1CCN(CC2CC2C(=O)O)CC1. The van der Waals surface area contributed by atoms with E-state index in [1.807, 2.05) is 0 Å². The first kappa shape index (κ1) is 12.8. The van der Waals surface area contributed by atoms with E-state index < -0.39 is 5.97 Å². The lowest BCUT2D eigenvalue weighted by Gasteiger charge is -2.34. The summed E-state index contributed by atoms with van der Waals surface area (Å²) in [7, 11) is 1.73. The van der Waals surface area contributed by atoms with Gasteiger partial charge in [0.05, 0.1) is 12.5 Å². The summed E-state index contributed by atoms with van der Waals surface area (Å²) in [5.41, 5.74) is 0. The molecule has 17 heavy (non-hydrogen) atoms.